The van der Waals surface area contributed by atoms with Crippen LogP contribution in [0.1, 0.15) is 64.0 Å². The molecule has 0 bridgehead atoms. The van der Waals surface area contributed by atoms with Crippen molar-refractivity contribution in [1.29, 1.82) is 0 Å². The molecular formula is C17H25NO2. The molecule has 0 aromatic heterocycles. The van der Waals surface area contributed by atoms with Crippen LogP contribution in [0, 0.1) is 0 Å². The summed E-state index contributed by atoms with van der Waals surface area (Å²) in [5, 5.41) is 0. The van der Waals surface area contributed by atoms with Gasteiger partial charge in [0.15, 0.2) is 0 Å². The Bertz CT molecular complexity index is 478. The Morgan fingerprint density at radius 1 is 1.25 bits per heavy atom. The van der Waals surface area contributed by atoms with Gasteiger partial charge in [-0.05, 0) is 57.7 Å². The summed E-state index contributed by atoms with van der Waals surface area (Å²) in [5.74, 6) is 1.85. The van der Waals surface area contributed by atoms with Crippen LogP contribution < -0.4 is 15.2 Å². The molecule has 3 rings (SSSR count). The monoisotopic (exact) mass is 275 g/mol. The number of hydrogen-bond acceptors (Lipinski definition) is 3. The van der Waals surface area contributed by atoms with Crippen molar-refractivity contribution in [2.75, 3.05) is 0 Å². The van der Waals surface area contributed by atoms with Gasteiger partial charge in [0.1, 0.15) is 17.1 Å². The third-order valence-electron chi connectivity index (χ3n) is 4.44. The van der Waals surface area contributed by atoms with Crippen LogP contribution in [0.5, 0.6) is 11.5 Å². The molecule has 1 aliphatic heterocycles. The third-order valence-corrected chi connectivity index (χ3v) is 4.44. The standard InChI is InChI=1S/C17H25NO2/c1-12(2)19-13-6-7-16-14(10-13)15(18)11-17(20-16)8-4-3-5-9-17/h6-7,10,12,15H,3-5,8-9,11,18H2,1-2H3. The number of rotatable bonds is 2. The van der Waals surface area contributed by atoms with Crippen molar-refractivity contribution >= 4 is 0 Å². The van der Waals surface area contributed by atoms with Gasteiger partial charge in [-0.15, -0.1) is 0 Å². The second-order valence-electron chi connectivity index (χ2n) is 6.52. The maximum Gasteiger partial charge on any atom is 0.125 e. The third kappa shape index (κ3) is 2.64. The first kappa shape index (κ1) is 13.7. The number of benzene rings is 1. The molecule has 110 valence electrons. The summed E-state index contributed by atoms with van der Waals surface area (Å²) in [4.78, 5) is 0. The maximum absolute atomic E-state index is 6.42. The predicted molar refractivity (Wildman–Crippen MR) is 80.2 cm³/mol. The van der Waals surface area contributed by atoms with Gasteiger partial charge in [0.25, 0.3) is 0 Å². The van der Waals surface area contributed by atoms with E-state index in [1.807, 2.05) is 26.0 Å². The Balaban J connectivity index is 1.86. The van der Waals surface area contributed by atoms with Crippen molar-refractivity contribution in [1.82, 2.24) is 0 Å². The van der Waals surface area contributed by atoms with Gasteiger partial charge < -0.3 is 15.2 Å². The zero-order chi connectivity index (χ0) is 14.2. The van der Waals surface area contributed by atoms with Crippen LogP contribution in [-0.4, -0.2) is 11.7 Å². The second kappa shape index (κ2) is 5.28. The predicted octanol–water partition coefficient (Wildman–Crippen LogP) is 3.96. The second-order valence-corrected chi connectivity index (χ2v) is 6.52. The van der Waals surface area contributed by atoms with Gasteiger partial charge in [0, 0.05) is 18.0 Å². The van der Waals surface area contributed by atoms with E-state index in [0.717, 1.165) is 36.3 Å². The molecule has 20 heavy (non-hydrogen) atoms. The largest absolute Gasteiger partial charge is 0.491 e. The SMILES string of the molecule is CC(C)Oc1ccc2c(c1)C(N)CC1(CCCCC1)O2. The smallest absolute Gasteiger partial charge is 0.125 e. The van der Waals surface area contributed by atoms with Gasteiger partial charge in [-0.3, -0.25) is 0 Å². The van der Waals surface area contributed by atoms with Crippen molar-refractivity contribution in [3.8, 4) is 11.5 Å². The minimum Gasteiger partial charge on any atom is -0.491 e. The van der Waals surface area contributed by atoms with Crippen LogP contribution >= 0.6 is 0 Å². The van der Waals surface area contributed by atoms with Gasteiger partial charge >= 0.3 is 0 Å². The molecule has 1 aromatic carbocycles. The maximum atomic E-state index is 6.42. The molecular weight excluding hydrogens is 250 g/mol. The molecule has 1 atom stereocenters. The van der Waals surface area contributed by atoms with Crippen LogP contribution in [-0.2, 0) is 0 Å². The molecule has 1 fully saturated rings. The lowest BCUT2D eigenvalue weighted by atomic mass is 9.77. The summed E-state index contributed by atoms with van der Waals surface area (Å²) in [7, 11) is 0. The zero-order valence-electron chi connectivity index (χ0n) is 12.5. The highest BCUT2D eigenvalue weighted by molar-refractivity contribution is 5.44. The molecule has 1 heterocycles. The fourth-order valence-corrected chi connectivity index (χ4v) is 3.54. The van der Waals surface area contributed by atoms with E-state index in [4.69, 9.17) is 15.2 Å². The Morgan fingerprint density at radius 3 is 2.70 bits per heavy atom. The quantitative estimate of drug-likeness (QED) is 0.888. The van der Waals surface area contributed by atoms with Crippen molar-refractivity contribution in [3.63, 3.8) is 0 Å². The Morgan fingerprint density at radius 2 is 2.00 bits per heavy atom. The Kier molecular flexibility index (Phi) is 3.63. The van der Waals surface area contributed by atoms with E-state index >= 15 is 0 Å². The lowest BCUT2D eigenvalue weighted by Gasteiger charge is -2.43. The average molecular weight is 275 g/mol. The average Bonchev–Trinajstić information content (AvgIpc) is 2.40. The molecule has 1 saturated carbocycles. The van der Waals surface area contributed by atoms with E-state index in [2.05, 4.69) is 6.07 Å². The first-order valence-corrected chi connectivity index (χ1v) is 7.83. The van der Waals surface area contributed by atoms with Gasteiger partial charge in [0.2, 0.25) is 0 Å². The topological polar surface area (TPSA) is 44.5 Å². The molecule has 2 aliphatic rings. The van der Waals surface area contributed by atoms with Crippen molar-refractivity contribution in [2.24, 2.45) is 5.73 Å². The normalized spacial score (nSPS) is 24.3. The zero-order valence-corrected chi connectivity index (χ0v) is 12.5. The van der Waals surface area contributed by atoms with Crippen LogP contribution in [0.15, 0.2) is 18.2 Å². The summed E-state index contributed by atoms with van der Waals surface area (Å²) in [6.45, 7) is 4.07. The fourth-order valence-electron chi connectivity index (χ4n) is 3.54. The molecule has 1 aromatic rings. The highest BCUT2D eigenvalue weighted by Crippen LogP contribution is 2.46. The van der Waals surface area contributed by atoms with Crippen LogP contribution in [0.25, 0.3) is 0 Å². The van der Waals surface area contributed by atoms with E-state index in [1.165, 1.54) is 19.3 Å². The van der Waals surface area contributed by atoms with Gasteiger partial charge in [-0.2, -0.15) is 0 Å². The summed E-state index contributed by atoms with van der Waals surface area (Å²) < 4.78 is 12.1. The summed E-state index contributed by atoms with van der Waals surface area (Å²) >= 11 is 0. The van der Waals surface area contributed by atoms with E-state index in [0.29, 0.717) is 0 Å². The van der Waals surface area contributed by atoms with E-state index < -0.39 is 0 Å². The molecule has 1 spiro atoms. The molecule has 3 heteroatoms. The Labute approximate surface area is 121 Å². The van der Waals surface area contributed by atoms with Crippen LogP contribution in [0.3, 0.4) is 0 Å². The molecule has 0 amide bonds. The first-order valence-electron chi connectivity index (χ1n) is 7.83. The summed E-state index contributed by atoms with van der Waals surface area (Å²) in [6, 6.07) is 6.14. The lowest BCUT2D eigenvalue weighted by Crippen LogP contribution is -2.44. The van der Waals surface area contributed by atoms with Crippen molar-refractivity contribution in [2.45, 2.75) is 70.1 Å². The van der Waals surface area contributed by atoms with Gasteiger partial charge in [-0.25, -0.2) is 0 Å². The minimum atomic E-state index is -0.00884. The van der Waals surface area contributed by atoms with Gasteiger partial charge in [0.05, 0.1) is 6.10 Å². The highest BCUT2D eigenvalue weighted by atomic mass is 16.5. The van der Waals surface area contributed by atoms with Gasteiger partial charge in [-0.1, -0.05) is 6.42 Å². The molecule has 2 N–H and O–H groups in total. The number of hydrogen-bond donors (Lipinski definition) is 1. The van der Waals surface area contributed by atoms with E-state index in [1.54, 1.807) is 0 Å². The lowest BCUT2D eigenvalue weighted by molar-refractivity contribution is 0.00178. The van der Waals surface area contributed by atoms with E-state index in [9.17, 15) is 0 Å². The Hall–Kier alpha value is -1.22. The molecule has 1 aliphatic carbocycles. The summed E-state index contributed by atoms with van der Waals surface area (Å²) in [6.07, 6.45) is 7.25. The van der Waals surface area contributed by atoms with Crippen LogP contribution in [0.2, 0.25) is 0 Å². The molecule has 0 saturated heterocycles. The molecule has 1 unspecified atom stereocenters. The van der Waals surface area contributed by atoms with Crippen LogP contribution in [0.4, 0.5) is 0 Å². The molecule has 3 nitrogen and oxygen atoms in total. The highest BCUT2D eigenvalue weighted by Gasteiger charge is 2.40. The first-order chi connectivity index (χ1) is 9.58. The van der Waals surface area contributed by atoms with Crippen molar-refractivity contribution in [3.05, 3.63) is 23.8 Å². The number of ether oxygens (including phenoxy) is 2. The molecule has 0 radical (unpaired) electrons. The van der Waals surface area contributed by atoms with E-state index in [-0.39, 0.29) is 17.7 Å². The van der Waals surface area contributed by atoms with Crippen molar-refractivity contribution < 1.29 is 9.47 Å². The fraction of sp³-hybridized carbons (Fsp3) is 0.647. The number of fused-ring (bicyclic) bond motifs is 1. The summed E-state index contributed by atoms with van der Waals surface area (Å²) in [5.41, 5.74) is 7.50. The number of nitrogens with two attached hydrogens (primary N) is 1. The minimum absolute atomic E-state index is 0.00884.